The van der Waals surface area contributed by atoms with Gasteiger partial charge in [0.05, 0.1) is 11.3 Å². The van der Waals surface area contributed by atoms with Crippen molar-refractivity contribution in [3.63, 3.8) is 0 Å². The Morgan fingerprint density at radius 3 is 2.15 bits per heavy atom. The van der Waals surface area contributed by atoms with Crippen molar-refractivity contribution < 1.29 is 9.18 Å². The van der Waals surface area contributed by atoms with Gasteiger partial charge in [-0.1, -0.05) is 68.5 Å². The van der Waals surface area contributed by atoms with Crippen LogP contribution in [0.25, 0.3) is 22.4 Å². The standard InChI is InChI=1S/C30H29FN2O/c1-4-5-20-33-28(21(2)3)27(30(34)32-25-14-10-7-11-15-25)26(22-12-8-6-9-13-22)29(33)23-16-18-24(31)19-17-23/h4,6-19,21H,1,5,20H2,2-3H3,(H,32,34). The van der Waals surface area contributed by atoms with Gasteiger partial charge in [0.1, 0.15) is 5.82 Å². The van der Waals surface area contributed by atoms with E-state index in [1.165, 1.54) is 12.1 Å². The Bertz CT molecular complexity index is 1270. The van der Waals surface area contributed by atoms with Gasteiger partial charge in [0, 0.05) is 23.5 Å². The van der Waals surface area contributed by atoms with E-state index >= 15 is 0 Å². The number of allylic oxidation sites excluding steroid dienone is 1. The number of nitrogens with one attached hydrogen (secondary N) is 1. The molecular weight excluding hydrogens is 423 g/mol. The maximum Gasteiger partial charge on any atom is 0.258 e. The highest BCUT2D eigenvalue weighted by Gasteiger charge is 2.30. The quantitative estimate of drug-likeness (QED) is 0.271. The molecule has 3 nitrogen and oxygen atoms in total. The molecule has 34 heavy (non-hydrogen) atoms. The van der Waals surface area contributed by atoms with E-state index in [0.717, 1.165) is 40.2 Å². The summed E-state index contributed by atoms with van der Waals surface area (Å²) in [6.07, 6.45) is 2.63. The van der Waals surface area contributed by atoms with Gasteiger partial charge < -0.3 is 9.88 Å². The van der Waals surface area contributed by atoms with E-state index < -0.39 is 0 Å². The lowest BCUT2D eigenvalue weighted by atomic mass is 9.94. The zero-order valence-corrected chi connectivity index (χ0v) is 19.6. The molecule has 0 atom stereocenters. The van der Waals surface area contributed by atoms with Crippen molar-refractivity contribution in [2.45, 2.75) is 32.7 Å². The number of anilines is 1. The van der Waals surface area contributed by atoms with Crippen molar-refractivity contribution in [1.82, 2.24) is 4.57 Å². The lowest BCUT2D eigenvalue weighted by Crippen LogP contribution is -2.16. The van der Waals surface area contributed by atoms with Crippen LogP contribution in [0.3, 0.4) is 0 Å². The first-order valence-electron chi connectivity index (χ1n) is 11.6. The minimum atomic E-state index is -0.291. The van der Waals surface area contributed by atoms with Crippen LogP contribution in [0.5, 0.6) is 0 Å². The zero-order chi connectivity index (χ0) is 24.1. The number of benzene rings is 3. The summed E-state index contributed by atoms with van der Waals surface area (Å²) in [7, 11) is 0. The minimum absolute atomic E-state index is 0.0815. The molecule has 0 saturated carbocycles. The maximum absolute atomic E-state index is 13.9. The van der Waals surface area contributed by atoms with Crippen molar-refractivity contribution in [2.24, 2.45) is 0 Å². The molecule has 4 rings (SSSR count). The summed E-state index contributed by atoms with van der Waals surface area (Å²) in [5, 5.41) is 3.09. The highest BCUT2D eigenvalue weighted by Crippen LogP contribution is 2.42. The Morgan fingerprint density at radius 2 is 1.56 bits per heavy atom. The molecule has 0 aliphatic carbocycles. The van der Waals surface area contributed by atoms with Crippen molar-refractivity contribution >= 4 is 11.6 Å². The molecule has 4 heteroatoms. The molecular formula is C30H29FN2O. The van der Waals surface area contributed by atoms with Crippen LogP contribution >= 0.6 is 0 Å². The van der Waals surface area contributed by atoms with Crippen LogP contribution in [-0.4, -0.2) is 10.5 Å². The van der Waals surface area contributed by atoms with E-state index in [4.69, 9.17) is 0 Å². The highest BCUT2D eigenvalue weighted by molar-refractivity contribution is 6.12. The highest BCUT2D eigenvalue weighted by atomic mass is 19.1. The fourth-order valence-corrected chi connectivity index (χ4v) is 4.43. The number of carbonyl (C=O) groups is 1. The number of hydrogen-bond donors (Lipinski definition) is 1. The molecule has 4 aromatic rings. The molecule has 172 valence electrons. The SMILES string of the molecule is C=CCCn1c(-c2ccc(F)cc2)c(-c2ccccc2)c(C(=O)Nc2ccccc2)c1C(C)C. The molecule has 0 bridgehead atoms. The van der Waals surface area contributed by atoms with Gasteiger partial charge >= 0.3 is 0 Å². The van der Waals surface area contributed by atoms with E-state index in [9.17, 15) is 9.18 Å². The van der Waals surface area contributed by atoms with Crippen molar-refractivity contribution in [2.75, 3.05) is 5.32 Å². The summed E-state index contributed by atoms with van der Waals surface area (Å²) < 4.78 is 16.0. The van der Waals surface area contributed by atoms with Crippen LogP contribution in [-0.2, 0) is 6.54 Å². The number of hydrogen-bond acceptors (Lipinski definition) is 1. The van der Waals surface area contributed by atoms with Gasteiger partial charge in [0.15, 0.2) is 0 Å². The van der Waals surface area contributed by atoms with Gasteiger partial charge in [-0.25, -0.2) is 4.39 Å². The lowest BCUT2D eigenvalue weighted by molar-refractivity contribution is 0.102. The predicted molar refractivity (Wildman–Crippen MR) is 139 cm³/mol. The molecule has 0 saturated heterocycles. The second-order valence-corrected chi connectivity index (χ2v) is 8.56. The number of nitrogens with zero attached hydrogens (tertiary/aromatic N) is 1. The van der Waals surface area contributed by atoms with Crippen LogP contribution in [0, 0.1) is 5.82 Å². The lowest BCUT2D eigenvalue weighted by Gasteiger charge is -2.16. The summed E-state index contributed by atoms with van der Waals surface area (Å²) in [6, 6.07) is 25.9. The molecule has 0 unspecified atom stereocenters. The van der Waals surface area contributed by atoms with Crippen molar-refractivity contribution in [3.05, 3.63) is 115 Å². The van der Waals surface area contributed by atoms with Gasteiger partial charge in [-0.2, -0.15) is 0 Å². The molecule has 0 spiro atoms. The maximum atomic E-state index is 13.9. The first kappa shape index (κ1) is 23.2. The number of halogens is 1. The smallest absolute Gasteiger partial charge is 0.258 e. The average molecular weight is 453 g/mol. The number of amides is 1. The Hall–Kier alpha value is -3.92. The molecule has 1 heterocycles. The number of para-hydroxylation sites is 1. The molecule has 1 amide bonds. The molecule has 0 fully saturated rings. The van der Waals surface area contributed by atoms with Gasteiger partial charge in [0.25, 0.3) is 5.91 Å². The van der Waals surface area contributed by atoms with Gasteiger partial charge in [0.2, 0.25) is 0 Å². The number of carbonyl (C=O) groups excluding carboxylic acids is 1. The second kappa shape index (κ2) is 10.3. The first-order valence-corrected chi connectivity index (χ1v) is 11.6. The Morgan fingerprint density at radius 1 is 0.941 bits per heavy atom. The molecule has 0 radical (unpaired) electrons. The largest absolute Gasteiger partial charge is 0.343 e. The summed E-state index contributed by atoms with van der Waals surface area (Å²) in [6.45, 7) is 8.77. The normalized spacial score (nSPS) is 10.9. The van der Waals surface area contributed by atoms with Crippen LogP contribution < -0.4 is 5.32 Å². The third kappa shape index (κ3) is 4.72. The monoisotopic (exact) mass is 452 g/mol. The summed E-state index contributed by atoms with van der Waals surface area (Å²) in [4.78, 5) is 13.9. The topological polar surface area (TPSA) is 34.0 Å². The average Bonchev–Trinajstić information content (AvgIpc) is 3.20. The third-order valence-electron chi connectivity index (χ3n) is 5.85. The molecule has 1 aromatic heterocycles. The zero-order valence-electron chi connectivity index (χ0n) is 19.6. The van der Waals surface area contributed by atoms with Gasteiger partial charge in [-0.15, -0.1) is 6.58 Å². The minimum Gasteiger partial charge on any atom is -0.343 e. The van der Waals surface area contributed by atoms with E-state index in [2.05, 4.69) is 30.3 Å². The summed E-state index contributed by atoms with van der Waals surface area (Å²) >= 11 is 0. The van der Waals surface area contributed by atoms with Crippen LogP contribution in [0.2, 0.25) is 0 Å². The Kier molecular flexibility index (Phi) is 7.07. The molecule has 1 N–H and O–H groups in total. The first-order chi connectivity index (χ1) is 16.5. The molecule has 3 aromatic carbocycles. The van der Waals surface area contributed by atoms with Crippen molar-refractivity contribution in [3.8, 4) is 22.4 Å². The second-order valence-electron chi connectivity index (χ2n) is 8.56. The van der Waals surface area contributed by atoms with Gasteiger partial charge in [-0.3, -0.25) is 4.79 Å². The van der Waals surface area contributed by atoms with Crippen LogP contribution in [0.1, 0.15) is 42.2 Å². The Balaban J connectivity index is 2.04. The fraction of sp³-hybridized carbons (Fsp3) is 0.167. The van der Waals surface area contributed by atoms with Crippen LogP contribution in [0.15, 0.2) is 97.6 Å². The fourth-order valence-electron chi connectivity index (χ4n) is 4.43. The number of aromatic nitrogens is 1. The predicted octanol–water partition coefficient (Wildman–Crippen LogP) is 7.91. The van der Waals surface area contributed by atoms with E-state index in [0.29, 0.717) is 12.1 Å². The van der Waals surface area contributed by atoms with E-state index in [1.54, 1.807) is 12.1 Å². The summed E-state index contributed by atoms with van der Waals surface area (Å²) in [5.74, 6) is -0.368. The summed E-state index contributed by atoms with van der Waals surface area (Å²) in [5.41, 5.74) is 5.91. The van der Waals surface area contributed by atoms with E-state index in [1.807, 2.05) is 66.7 Å². The number of rotatable bonds is 8. The third-order valence-corrected chi connectivity index (χ3v) is 5.85. The van der Waals surface area contributed by atoms with Crippen LogP contribution in [0.4, 0.5) is 10.1 Å². The molecule has 0 aliphatic rings. The van der Waals surface area contributed by atoms with E-state index in [-0.39, 0.29) is 17.6 Å². The Labute approximate surface area is 200 Å². The molecule has 0 aliphatic heterocycles. The van der Waals surface area contributed by atoms with Crippen molar-refractivity contribution in [1.29, 1.82) is 0 Å². The van der Waals surface area contributed by atoms with Gasteiger partial charge in [-0.05, 0) is 59.9 Å².